The van der Waals surface area contributed by atoms with E-state index in [0.717, 1.165) is 27.9 Å². The van der Waals surface area contributed by atoms with Gasteiger partial charge in [-0.25, -0.2) is 0 Å². The van der Waals surface area contributed by atoms with Gasteiger partial charge in [-0.05, 0) is 37.7 Å². The van der Waals surface area contributed by atoms with Crippen LogP contribution in [0.5, 0.6) is 5.75 Å². The van der Waals surface area contributed by atoms with Gasteiger partial charge in [-0.15, -0.1) is 10.2 Å². The molecule has 1 unspecified atom stereocenters. The smallest absolute Gasteiger partial charge is 0.147 e. The highest BCUT2D eigenvalue weighted by Crippen LogP contribution is 2.27. The summed E-state index contributed by atoms with van der Waals surface area (Å²) in [6.07, 6.45) is 0. The molecule has 2 rings (SSSR count). The normalized spacial score (nSPS) is 12.4. The molecule has 1 aromatic heterocycles. The molecule has 18 heavy (non-hydrogen) atoms. The van der Waals surface area contributed by atoms with Crippen LogP contribution < -0.4 is 10.1 Å². The monoisotopic (exact) mass is 263 g/mol. The maximum absolute atomic E-state index is 5.14. The van der Waals surface area contributed by atoms with Crippen molar-refractivity contribution in [1.29, 1.82) is 0 Å². The molecule has 1 heterocycles. The van der Waals surface area contributed by atoms with Gasteiger partial charge >= 0.3 is 0 Å². The lowest BCUT2D eigenvalue weighted by Gasteiger charge is -2.06. The molecule has 0 fully saturated rings. The molecule has 4 nitrogen and oxygen atoms in total. The second-order valence-electron chi connectivity index (χ2n) is 3.95. The summed E-state index contributed by atoms with van der Waals surface area (Å²) in [5.41, 5.74) is 1.07. The molecule has 1 aromatic carbocycles. The zero-order valence-corrected chi connectivity index (χ0v) is 11.6. The summed E-state index contributed by atoms with van der Waals surface area (Å²) in [5.74, 6) is 0.851. The predicted molar refractivity (Wildman–Crippen MR) is 74.0 cm³/mol. The first kappa shape index (κ1) is 13.0. The Hall–Kier alpha value is -1.46. The summed E-state index contributed by atoms with van der Waals surface area (Å²) in [6, 6.07) is 8.12. The van der Waals surface area contributed by atoms with Crippen LogP contribution in [0.25, 0.3) is 10.6 Å². The molecule has 96 valence electrons. The minimum atomic E-state index is 0.250. The number of methoxy groups -OCH3 is 1. The van der Waals surface area contributed by atoms with E-state index in [2.05, 4.69) is 29.4 Å². The Morgan fingerprint density at radius 2 is 2.00 bits per heavy atom. The van der Waals surface area contributed by atoms with E-state index < -0.39 is 0 Å². The maximum atomic E-state index is 5.14. The van der Waals surface area contributed by atoms with Crippen LogP contribution in [-0.2, 0) is 0 Å². The third-order valence-corrected chi connectivity index (χ3v) is 3.81. The molecular weight excluding hydrogens is 246 g/mol. The fourth-order valence-electron chi connectivity index (χ4n) is 1.65. The van der Waals surface area contributed by atoms with Crippen molar-refractivity contribution in [2.75, 3.05) is 13.7 Å². The number of aromatic nitrogens is 2. The second kappa shape index (κ2) is 5.93. The van der Waals surface area contributed by atoms with E-state index in [4.69, 9.17) is 4.74 Å². The summed E-state index contributed by atoms with van der Waals surface area (Å²) >= 11 is 1.62. The van der Waals surface area contributed by atoms with Crippen molar-refractivity contribution in [3.63, 3.8) is 0 Å². The van der Waals surface area contributed by atoms with E-state index in [9.17, 15) is 0 Å². The number of nitrogens with one attached hydrogen (secondary N) is 1. The fraction of sp³-hybridized carbons (Fsp3) is 0.385. The van der Waals surface area contributed by atoms with Gasteiger partial charge in [-0.3, -0.25) is 0 Å². The number of ether oxygens (including phenoxy) is 1. The lowest BCUT2D eigenvalue weighted by atomic mass is 10.2. The molecule has 1 N–H and O–H groups in total. The molecular formula is C13H17N3OS. The average Bonchev–Trinajstić information content (AvgIpc) is 2.89. The Labute approximate surface area is 111 Å². The predicted octanol–water partition coefficient (Wildman–Crippen LogP) is 2.88. The highest BCUT2D eigenvalue weighted by Gasteiger charge is 2.11. The Morgan fingerprint density at radius 1 is 1.28 bits per heavy atom. The summed E-state index contributed by atoms with van der Waals surface area (Å²) in [5, 5.41) is 13.8. The SMILES string of the molecule is CCNC(C)c1nnc(-c2ccc(OC)cc2)s1. The zero-order chi connectivity index (χ0) is 13.0. The molecule has 0 aliphatic heterocycles. The van der Waals surface area contributed by atoms with Crippen LogP contribution in [-0.4, -0.2) is 23.9 Å². The molecule has 0 saturated heterocycles. The van der Waals surface area contributed by atoms with Gasteiger partial charge in [-0.1, -0.05) is 18.3 Å². The Bertz CT molecular complexity index is 495. The van der Waals surface area contributed by atoms with Gasteiger partial charge in [0.2, 0.25) is 0 Å². The standard InChI is InChI=1S/C13H17N3OS/c1-4-14-9(2)12-15-16-13(18-12)10-5-7-11(17-3)8-6-10/h5-9,14H,4H2,1-3H3. The molecule has 5 heteroatoms. The molecule has 0 spiro atoms. The van der Waals surface area contributed by atoms with E-state index >= 15 is 0 Å². The molecule has 0 aliphatic rings. The van der Waals surface area contributed by atoms with Crippen molar-refractivity contribution in [2.24, 2.45) is 0 Å². The lowest BCUT2D eigenvalue weighted by molar-refractivity contribution is 0.415. The Kier molecular flexibility index (Phi) is 4.28. The van der Waals surface area contributed by atoms with Crippen molar-refractivity contribution in [1.82, 2.24) is 15.5 Å². The van der Waals surface area contributed by atoms with Crippen LogP contribution in [0.2, 0.25) is 0 Å². The number of hydrogen-bond acceptors (Lipinski definition) is 5. The van der Waals surface area contributed by atoms with Gasteiger partial charge in [0.15, 0.2) is 0 Å². The zero-order valence-electron chi connectivity index (χ0n) is 10.8. The topological polar surface area (TPSA) is 47.0 Å². The third kappa shape index (κ3) is 2.86. The number of nitrogens with zero attached hydrogens (tertiary/aromatic N) is 2. The van der Waals surface area contributed by atoms with Crippen molar-refractivity contribution in [2.45, 2.75) is 19.9 Å². The third-order valence-electron chi connectivity index (χ3n) is 2.66. The molecule has 0 saturated carbocycles. The fourth-order valence-corrected chi connectivity index (χ4v) is 2.53. The molecule has 0 amide bonds. The van der Waals surface area contributed by atoms with Crippen LogP contribution in [0.4, 0.5) is 0 Å². The van der Waals surface area contributed by atoms with Crippen molar-refractivity contribution in [3.8, 4) is 16.3 Å². The molecule has 2 aromatic rings. The molecule has 0 aliphatic carbocycles. The largest absolute Gasteiger partial charge is 0.497 e. The van der Waals surface area contributed by atoms with Crippen LogP contribution in [0.3, 0.4) is 0 Å². The van der Waals surface area contributed by atoms with Gasteiger partial charge < -0.3 is 10.1 Å². The summed E-state index contributed by atoms with van der Waals surface area (Å²) < 4.78 is 5.14. The first-order valence-electron chi connectivity index (χ1n) is 5.95. The van der Waals surface area contributed by atoms with Crippen LogP contribution in [0, 0.1) is 0 Å². The first-order chi connectivity index (χ1) is 8.74. The van der Waals surface area contributed by atoms with Gasteiger partial charge in [0.1, 0.15) is 15.8 Å². The van der Waals surface area contributed by atoms with Gasteiger partial charge in [0.05, 0.1) is 13.2 Å². The van der Waals surface area contributed by atoms with Crippen molar-refractivity contribution >= 4 is 11.3 Å². The van der Waals surface area contributed by atoms with E-state index in [0.29, 0.717) is 0 Å². The van der Waals surface area contributed by atoms with Crippen LogP contribution >= 0.6 is 11.3 Å². The summed E-state index contributed by atoms with van der Waals surface area (Å²) in [4.78, 5) is 0. The van der Waals surface area contributed by atoms with E-state index in [-0.39, 0.29) is 6.04 Å². The van der Waals surface area contributed by atoms with E-state index in [1.54, 1.807) is 18.4 Å². The van der Waals surface area contributed by atoms with Crippen molar-refractivity contribution < 1.29 is 4.74 Å². The number of rotatable bonds is 5. The average molecular weight is 263 g/mol. The molecule has 1 atom stereocenters. The minimum Gasteiger partial charge on any atom is -0.497 e. The minimum absolute atomic E-state index is 0.250. The molecule has 0 radical (unpaired) electrons. The van der Waals surface area contributed by atoms with Crippen LogP contribution in [0.1, 0.15) is 24.9 Å². The highest BCUT2D eigenvalue weighted by atomic mass is 32.1. The summed E-state index contributed by atoms with van der Waals surface area (Å²) in [7, 11) is 1.66. The van der Waals surface area contributed by atoms with E-state index in [1.165, 1.54) is 0 Å². The lowest BCUT2D eigenvalue weighted by Crippen LogP contribution is -2.17. The number of hydrogen-bond donors (Lipinski definition) is 1. The van der Waals surface area contributed by atoms with E-state index in [1.807, 2.05) is 24.3 Å². The highest BCUT2D eigenvalue weighted by molar-refractivity contribution is 7.14. The Balaban J connectivity index is 2.18. The van der Waals surface area contributed by atoms with Gasteiger partial charge in [0.25, 0.3) is 0 Å². The molecule has 0 bridgehead atoms. The van der Waals surface area contributed by atoms with Crippen LogP contribution in [0.15, 0.2) is 24.3 Å². The van der Waals surface area contributed by atoms with Gasteiger partial charge in [0, 0.05) is 5.56 Å². The Morgan fingerprint density at radius 3 is 2.61 bits per heavy atom. The quantitative estimate of drug-likeness (QED) is 0.901. The van der Waals surface area contributed by atoms with Crippen molar-refractivity contribution in [3.05, 3.63) is 29.3 Å². The summed E-state index contributed by atoms with van der Waals surface area (Å²) in [6.45, 7) is 5.11. The maximum Gasteiger partial charge on any atom is 0.147 e. The first-order valence-corrected chi connectivity index (χ1v) is 6.77. The second-order valence-corrected chi connectivity index (χ2v) is 4.96. The van der Waals surface area contributed by atoms with Gasteiger partial charge in [-0.2, -0.15) is 0 Å². The number of benzene rings is 1.